The van der Waals surface area contributed by atoms with Gasteiger partial charge in [0.25, 0.3) is 0 Å². The molecule has 0 radical (unpaired) electrons. The third-order valence-electron chi connectivity index (χ3n) is 6.11. The van der Waals surface area contributed by atoms with Crippen LogP contribution in [0.25, 0.3) is 11.1 Å². The van der Waals surface area contributed by atoms with E-state index in [1.807, 2.05) is 24.3 Å². The van der Waals surface area contributed by atoms with E-state index < -0.39 is 0 Å². The van der Waals surface area contributed by atoms with Crippen molar-refractivity contribution in [3.8, 4) is 22.9 Å². The minimum atomic E-state index is -0.0266. The summed E-state index contributed by atoms with van der Waals surface area (Å²) in [5, 5.41) is 19.4. The maximum atomic E-state index is 10.2. The predicted molar refractivity (Wildman–Crippen MR) is 109 cm³/mol. The Labute approximate surface area is 167 Å². The smallest absolute Gasteiger partial charge is 0.127 e. The fourth-order valence-electron chi connectivity index (χ4n) is 4.80. The standard InChI is InChI=1S/C24H28N2O2/c25-16-20-23(19-11-6-7-13-22(19)28-15-14-27)18-10-2-1-3-12-21(18)26-24(20)17-8-4-5-9-17/h6-7,11,13,17,27H,1-5,8-10,12,14-15H2. The Bertz CT molecular complexity index is 879. The summed E-state index contributed by atoms with van der Waals surface area (Å²) in [7, 11) is 0. The summed E-state index contributed by atoms with van der Waals surface area (Å²) in [5.41, 5.74) is 6.17. The summed E-state index contributed by atoms with van der Waals surface area (Å²) in [6, 6.07) is 10.5. The molecule has 1 heterocycles. The van der Waals surface area contributed by atoms with Gasteiger partial charge in [-0.3, -0.25) is 4.98 Å². The monoisotopic (exact) mass is 376 g/mol. The Morgan fingerprint density at radius 2 is 1.86 bits per heavy atom. The van der Waals surface area contributed by atoms with Gasteiger partial charge in [-0.25, -0.2) is 0 Å². The van der Waals surface area contributed by atoms with E-state index in [1.165, 1.54) is 30.5 Å². The number of rotatable bonds is 5. The van der Waals surface area contributed by atoms with Crippen LogP contribution in [-0.2, 0) is 12.8 Å². The van der Waals surface area contributed by atoms with Crippen molar-refractivity contribution >= 4 is 0 Å². The van der Waals surface area contributed by atoms with Gasteiger partial charge in [0.1, 0.15) is 18.4 Å². The molecule has 4 rings (SSSR count). The average molecular weight is 377 g/mol. The zero-order valence-electron chi connectivity index (χ0n) is 16.4. The lowest BCUT2D eigenvalue weighted by Gasteiger charge is -2.21. The second-order valence-electron chi connectivity index (χ2n) is 7.89. The summed E-state index contributed by atoms with van der Waals surface area (Å²) in [6.45, 7) is 0.225. The molecule has 1 fully saturated rings. The normalized spacial score (nSPS) is 17.0. The van der Waals surface area contributed by atoms with E-state index in [-0.39, 0.29) is 13.2 Å². The summed E-state index contributed by atoms with van der Waals surface area (Å²) in [4.78, 5) is 5.10. The van der Waals surface area contributed by atoms with Gasteiger partial charge in [-0.15, -0.1) is 0 Å². The van der Waals surface area contributed by atoms with E-state index in [0.717, 1.165) is 66.7 Å². The van der Waals surface area contributed by atoms with Crippen molar-refractivity contribution in [1.82, 2.24) is 4.98 Å². The van der Waals surface area contributed by atoms with Gasteiger partial charge in [0.2, 0.25) is 0 Å². The molecule has 0 spiro atoms. The van der Waals surface area contributed by atoms with Crippen LogP contribution in [0.3, 0.4) is 0 Å². The van der Waals surface area contributed by atoms with Gasteiger partial charge >= 0.3 is 0 Å². The van der Waals surface area contributed by atoms with Crippen LogP contribution in [0.1, 0.15) is 73.4 Å². The van der Waals surface area contributed by atoms with Crippen molar-refractivity contribution in [3.63, 3.8) is 0 Å². The first-order valence-corrected chi connectivity index (χ1v) is 10.6. The summed E-state index contributed by atoms with van der Waals surface area (Å²) < 4.78 is 5.85. The third kappa shape index (κ3) is 3.64. The number of nitriles is 1. The van der Waals surface area contributed by atoms with Gasteiger partial charge < -0.3 is 9.84 Å². The summed E-state index contributed by atoms with van der Waals surface area (Å²) in [5.74, 6) is 1.13. The molecule has 0 amide bonds. The number of pyridine rings is 1. The SMILES string of the molecule is N#Cc1c(C2CCCC2)nc2c(c1-c1ccccc1OCCO)CCCCC2. The molecule has 4 heteroatoms. The molecule has 2 aromatic rings. The van der Waals surface area contributed by atoms with Gasteiger partial charge in [0, 0.05) is 22.7 Å². The Morgan fingerprint density at radius 1 is 1.07 bits per heavy atom. The van der Waals surface area contributed by atoms with Gasteiger partial charge in [-0.1, -0.05) is 37.5 Å². The van der Waals surface area contributed by atoms with Gasteiger partial charge in [-0.05, 0) is 50.2 Å². The number of aryl methyl sites for hydroxylation is 1. The fourth-order valence-corrected chi connectivity index (χ4v) is 4.80. The van der Waals surface area contributed by atoms with Crippen molar-refractivity contribution < 1.29 is 9.84 Å². The van der Waals surface area contributed by atoms with E-state index in [2.05, 4.69) is 6.07 Å². The van der Waals surface area contributed by atoms with Crippen molar-refractivity contribution in [2.75, 3.05) is 13.2 Å². The molecule has 0 saturated heterocycles. The molecule has 1 saturated carbocycles. The number of fused-ring (bicyclic) bond motifs is 1. The van der Waals surface area contributed by atoms with E-state index >= 15 is 0 Å². The molecule has 0 bridgehead atoms. The minimum absolute atomic E-state index is 0.0266. The molecule has 0 aliphatic heterocycles. The van der Waals surface area contributed by atoms with E-state index in [4.69, 9.17) is 9.72 Å². The average Bonchev–Trinajstić information content (AvgIpc) is 3.16. The lowest BCUT2D eigenvalue weighted by Crippen LogP contribution is -2.11. The minimum Gasteiger partial charge on any atom is -0.491 e. The van der Waals surface area contributed by atoms with Crippen LogP contribution in [0, 0.1) is 11.3 Å². The number of aliphatic hydroxyl groups is 1. The summed E-state index contributed by atoms with van der Waals surface area (Å²) >= 11 is 0. The maximum Gasteiger partial charge on any atom is 0.127 e. The highest BCUT2D eigenvalue weighted by Gasteiger charge is 2.28. The van der Waals surface area contributed by atoms with Crippen LogP contribution >= 0.6 is 0 Å². The van der Waals surface area contributed by atoms with Crippen molar-refractivity contribution in [2.45, 2.75) is 63.7 Å². The first kappa shape index (κ1) is 19.0. The van der Waals surface area contributed by atoms with Crippen LogP contribution < -0.4 is 4.74 Å². The summed E-state index contributed by atoms with van der Waals surface area (Å²) in [6.07, 6.45) is 10.2. The third-order valence-corrected chi connectivity index (χ3v) is 6.11. The van der Waals surface area contributed by atoms with E-state index in [9.17, 15) is 10.4 Å². The Morgan fingerprint density at radius 3 is 2.64 bits per heavy atom. The van der Waals surface area contributed by atoms with E-state index in [0.29, 0.717) is 5.92 Å². The van der Waals surface area contributed by atoms with Crippen molar-refractivity contribution in [3.05, 3.63) is 46.8 Å². The van der Waals surface area contributed by atoms with Crippen LogP contribution in [0.5, 0.6) is 5.75 Å². The number of aliphatic hydroxyl groups excluding tert-OH is 1. The molecule has 2 aliphatic carbocycles. The number of ether oxygens (including phenoxy) is 1. The molecule has 1 aromatic carbocycles. The van der Waals surface area contributed by atoms with Gasteiger partial charge in [-0.2, -0.15) is 5.26 Å². The molecule has 1 aromatic heterocycles. The number of nitrogens with zero attached hydrogens (tertiary/aromatic N) is 2. The Kier molecular flexibility index (Phi) is 5.92. The second kappa shape index (κ2) is 8.75. The number of para-hydroxylation sites is 1. The van der Waals surface area contributed by atoms with Crippen LogP contribution in [-0.4, -0.2) is 23.3 Å². The molecular formula is C24H28N2O2. The zero-order valence-corrected chi connectivity index (χ0v) is 16.4. The van der Waals surface area contributed by atoms with Crippen molar-refractivity contribution in [2.24, 2.45) is 0 Å². The Balaban J connectivity index is 1.95. The molecule has 1 N–H and O–H groups in total. The number of benzene rings is 1. The molecule has 0 unspecified atom stereocenters. The fraction of sp³-hybridized carbons (Fsp3) is 0.500. The largest absolute Gasteiger partial charge is 0.491 e. The Hall–Kier alpha value is -2.38. The number of hydrogen-bond acceptors (Lipinski definition) is 4. The molecular weight excluding hydrogens is 348 g/mol. The first-order chi connectivity index (χ1) is 13.8. The molecule has 0 atom stereocenters. The lowest BCUT2D eigenvalue weighted by atomic mass is 9.86. The zero-order chi connectivity index (χ0) is 19.3. The molecule has 146 valence electrons. The molecule has 2 aliphatic rings. The quantitative estimate of drug-likeness (QED) is 0.752. The maximum absolute atomic E-state index is 10.2. The van der Waals surface area contributed by atoms with Crippen molar-refractivity contribution in [1.29, 1.82) is 5.26 Å². The second-order valence-corrected chi connectivity index (χ2v) is 7.89. The van der Waals surface area contributed by atoms with Gasteiger partial charge in [0.15, 0.2) is 0 Å². The van der Waals surface area contributed by atoms with Crippen LogP contribution in [0.4, 0.5) is 0 Å². The molecule has 4 nitrogen and oxygen atoms in total. The molecule has 28 heavy (non-hydrogen) atoms. The highest BCUT2D eigenvalue weighted by molar-refractivity contribution is 5.80. The predicted octanol–water partition coefficient (Wildman–Crippen LogP) is 4.92. The number of aromatic nitrogens is 1. The lowest BCUT2D eigenvalue weighted by molar-refractivity contribution is 0.202. The highest BCUT2D eigenvalue weighted by atomic mass is 16.5. The van der Waals surface area contributed by atoms with Crippen LogP contribution in [0.2, 0.25) is 0 Å². The topological polar surface area (TPSA) is 66.1 Å². The van der Waals surface area contributed by atoms with Gasteiger partial charge in [0.05, 0.1) is 17.9 Å². The van der Waals surface area contributed by atoms with Crippen LogP contribution in [0.15, 0.2) is 24.3 Å². The number of hydrogen-bond donors (Lipinski definition) is 1. The highest BCUT2D eigenvalue weighted by Crippen LogP contribution is 2.43. The first-order valence-electron chi connectivity index (χ1n) is 10.6. The van der Waals surface area contributed by atoms with E-state index in [1.54, 1.807) is 0 Å².